The number of nitrogens with one attached hydrogen (secondary N) is 2. The number of ether oxygens (including phenoxy) is 1. The fourth-order valence-corrected chi connectivity index (χ4v) is 3.19. The highest BCUT2D eigenvalue weighted by Crippen LogP contribution is 2.32. The fourth-order valence-electron chi connectivity index (χ4n) is 3.19. The number of rotatable bonds is 6. The second kappa shape index (κ2) is 6.76. The quantitative estimate of drug-likeness (QED) is 0.848. The molecule has 7 nitrogen and oxygen atoms in total. The van der Waals surface area contributed by atoms with Gasteiger partial charge < -0.3 is 19.9 Å². The Kier molecular flexibility index (Phi) is 4.34. The SMILES string of the molecule is Cn1ccnc1[C@@H]1OCCC[C@H]1CNc1cc(NC2CC2)ncn1. The Hall–Kier alpha value is -2.15. The van der Waals surface area contributed by atoms with Crippen molar-refractivity contribution in [3.8, 4) is 0 Å². The van der Waals surface area contributed by atoms with Gasteiger partial charge in [-0.2, -0.15) is 0 Å². The van der Waals surface area contributed by atoms with Gasteiger partial charge in [0.05, 0.1) is 0 Å². The minimum absolute atomic E-state index is 0.0390. The third kappa shape index (κ3) is 3.51. The van der Waals surface area contributed by atoms with Gasteiger partial charge in [0.25, 0.3) is 0 Å². The van der Waals surface area contributed by atoms with Crippen molar-refractivity contribution in [1.82, 2.24) is 19.5 Å². The van der Waals surface area contributed by atoms with E-state index in [0.717, 1.165) is 43.5 Å². The summed E-state index contributed by atoms with van der Waals surface area (Å²) in [6.45, 7) is 1.62. The molecular formula is C17H24N6O. The third-order valence-electron chi connectivity index (χ3n) is 4.70. The molecule has 2 N–H and O–H groups in total. The van der Waals surface area contributed by atoms with E-state index in [9.17, 15) is 0 Å². The summed E-state index contributed by atoms with van der Waals surface area (Å²) in [6, 6.07) is 2.57. The molecule has 2 atom stereocenters. The second-order valence-electron chi connectivity index (χ2n) is 6.68. The van der Waals surface area contributed by atoms with Crippen molar-refractivity contribution in [2.75, 3.05) is 23.8 Å². The largest absolute Gasteiger partial charge is 0.370 e. The average molecular weight is 328 g/mol. The van der Waals surface area contributed by atoms with Crippen LogP contribution >= 0.6 is 0 Å². The van der Waals surface area contributed by atoms with Gasteiger partial charge in [-0.15, -0.1) is 0 Å². The molecule has 1 saturated carbocycles. The summed E-state index contributed by atoms with van der Waals surface area (Å²) in [4.78, 5) is 13.1. The molecule has 4 rings (SSSR count). The van der Waals surface area contributed by atoms with E-state index in [1.54, 1.807) is 6.33 Å². The molecule has 1 saturated heterocycles. The zero-order chi connectivity index (χ0) is 16.4. The summed E-state index contributed by atoms with van der Waals surface area (Å²) in [6.07, 6.45) is 10.1. The Bertz CT molecular complexity index is 683. The van der Waals surface area contributed by atoms with Gasteiger partial charge in [-0.3, -0.25) is 0 Å². The van der Waals surface area contributed by atoms with Crippen LogP contribution < -0.4 is 10.6 Å². The highest BCUT2D eigenvalue weighted by molar-refractivity contribution is 5.47. The maximum absolute atomic E-state index is 6.02. The maximum Gasteiger partial charge on any atom is 0.138 e. The van der Waals surface area contributed by atoms with Gasteiger partial charge in [0.2, 0.25) is 0 Å². The number of hydrogen-bond donors (Lipinski definition) is 2. The van der Waals surface area contributed by atoms with Crippen molar-refractivity contribution in [2.45, 2.75) is 37.8 Å². The van der Waals surface area contributed by atoms with Gasteiger partial charge in [0, 0.05) is 50.6 Å². The molecule has 2 aromatic rings. The Morgan fingerprint density at radius 2 is 2.08 bits per heavy atom. The first-order valence-corrected chi connectivity index (χ1v) is 8.71. The predicted molar refractivity (Wildman–Crippen MR) is 91.8 cm³/mol. The van der Waals surface area contributed by atoms with E-state index in [0.29, 0.717) is 12.0 Å². The van der Waals surface area contributed by atoms with E-state index >= 15 is 0 Å². The minimum Gasteiger partial charge on any atom is -0.370 e. The third-order valence-corrected chi connectivity index (χ3v) is 4.70. The van der Waals surface area contributed by atoms with E-state index < -0.39 is 0 Å². The lowest BCUT2D eigenvalue weighted by molar-refractivity contribution is -0.0305. The highest BCUT2D eigenvalue weighted by atomic mass is 16.5. The van der Waals surface area contributed by atoms with Crippen molar-refractivity contribution in [3.63, 3.8) is 0 Å². The molecule has 0 radical (unpaired) electrons. The van der Waals surface area contributed by atoms with Gasteiger partial charge >= 0.3 is 0 Å². The highest BCUT2D eigenvalue weighted by Gasteiger charge is 2.30. The lowest BCUT2D eigenvalue weighted by Gasteiger charge is -2.31. The van der Waals surface area contributed by atoms with Crippen LogP contribution in [-0.4, -0.2) is 38.7 Å². The summed E-state index contributed by atoms with van der Waals surface area (Å²) in [5.74, 6) is 3.14. The first-order chi connectivity index (χ1) is 11.8. The van der Waals surface area contributed by atoms with Crippen LogP contribution in [0.5, 0.6) is 0 Å². The first kappa shape index (κ1) is 15.4. The number of imidazole rings is 1. The van der Waals surface area contributed by atoms with Crippen LogP contribution in [-0.2, 0) is 11.8 Å². The van der Waals surface area contributed by atoms with Crippen LogP contribution in [0.1, 0.15) is 37.6 Å². The Morgan fingerprint density at radius 1 is 1.21 bits per heavy atom. The molecule has 1 aliphatic carbocycles. The van der Waals surface area contributed by atoms with E-state index in [1.807, 2.05) is 30.1 Å². The molecule has 3 heterocycles. The van der Waals surface area contributed by atoms with Crippen molar-refractivity contribution >= 4 is 11.6 Å². The molecule has 2 fully saturated rings. The molecule has 0 amide bonds. The molecule has 7 heteroatoms. The molecule has 128 valence electrons. The molecular weight excluding hydrogens is 304 g/mol. The van der Waals surface area contributed by atoms with Crippen molar-refractivity contribution < 1.29 is 4.74 Å². The van der Waals surface area contributed by atoms with Crippen LogP contribution in [0.2, 0.25) is 0 Å². The second-order valence-corrected chi connectivity index (χ2v) is 6.68. The van der Waals surface area contributed by atoms with Crippen molar-refractivity contribution in [1.29, 1.82) is 0 Å². The van der Waals surface area contributed by atoms with E-state index in [4.69, 9.17) is 4.74 Å². The van der Waals surface area contributed by atoms with E-state index in [1.165, 1.54) is 12.8 Å². The summed E-state index contributed by atoms with van der Waals surface area (Å²) < 4.78 is 8.07. The number of aryl methyl sites for hydroxylation is 1. The van der Waals surface area contributed by atoms with Crippen LogP contribution in [0.4, 0.5) is 11.6 Å². The maximum atomic E-state index is 6.02. The number of aromatic nitrogens is 4. The van der Waals surface area contributed by atoms with Crippen molar-refractivity contribution in [3.05, 3.63) is 30.6 Å². The zero-order valence-corrected chi connectivity index (χ0v) is 14.0. The molecule has 2 aliphatic rings. The molecule has 2 aromatic heterocycles. The van der Waals surface area contributed by atoms with Crippen LogP contribution in [0, 0.1) is 5.92 Å². The summed E-state index contributed by atoms with van der Waals surface area (Å²) in [5, 5.41) is 6.86. The number of nitrogens with zero attached hydrogens (tertiary/aromatic N) is 4. The summed E-state index contributed by atoms with van der Waals surface area (Å²) in [7, 11) is 2.02. The first-order valence-electron chi connectivity index (χ1n) is 8.71. The summed E-state index contributed by atoms with van der Waals surface area (Å²) >= 11 is 0. The molecule has 0 unspecified atom stereocenters. The smallest absolute Gasteiger partial charge is 0.138 e. The average Bonchev–Trinajstić information content (AvgIpc) is 3.32. The Balaban J connectivity index is 1.41. The van der Waals surface area contributed by atoms with E-state index in [-0.39, 0.29) is 6.10 Å². The normalized spacial score (nSPS) is 23.9. The number of hydrogen-bond acceptors (Lipinski definition) is 6. The van der Waals surface area contributed by atoms with Gasteiger partial charge in [0.15, 0.2) is 0 Å². The number of anilines is 2. The van der Waals surface area contributed by atoms with Crippen LogP contribution in [0.15, 0.2) is 24.8 Å². The van der Waals surface area contributed by atoms with Crippen molar-refractivity contribution in [2.24, 2.45) is 13.0 Å². The minimum atomic E-state index is 0.0390. The molecule has 24 heavy (non-hydrogen) atoms. The monoisotopic (exact) mass is 328 g/mol. The summed E-state index contributed by atoms with van der Waals surface area (Å²) in [5.41, 5.74) is 0. The van der Waals surface area contributed by atoms with Crippen LogP contribution in [0.25, 0.3) is 0 Å². The lowest BCUT2D eigenvalue weighted by Crippen LogP contribution is -2.30. The zero-order valence-electron chi connectivity index (χ0n) is 14.0. The molecule has 1 aliphatic heterocycles. The van der Waals surface area contributed by atoms with Crippen LogP contribution in [0.3, 0.4) is 0 Å². The fraction of sp³-hybridized carbons (Fsp3) is 0.588. The van der Waals surface area contributed by atoms with E-state index in [2.05, 4.69) is 25.6 Å². The Morgan fingerprint density at radius 3 is 2.88 bits per heavy atom. The van der Waals surface area contributed by atoms with Gasteiger partial charge in [-0.05, 0) is 25.7 Å². The van der Waals surface area contributed by atoms with Gasteiger partial charge in [0.1, 0.15) is 29.9 Å². The van der Waals surface area contributed by atoms with Gasteiger partial charge in [-0.25, -0.2) is 15.0 Å². The topological polar surface area (TPSA) is 76.9 Å². The Labute approximate surface area is 141 Å². The standard InChI is InChI=1S/C17H24N6O/c1-23-7-6-18-17(23)16-12(3-2-8-24-16)10-19-14-9-15(21-11-20-14)22-13-4-5-13/h6-7,9,11-13,16H,2-5,8,10H2,1H3,(H2,19,20,21,22)/t12-,16+/m0/s1. The predicted octanol–water partition coefficient (Wildman–Crippen LogP) is 2.36. The molecule has 0 aromatic carbocycles. The molecule has 0 spiro atoms. The van der Waals surface area contributed by atoms with Gasteiger partial charge in [-0.1, -0.05) is 0 Å². The molecule has 0 bridgehead atoms. The lowest BCUT2D eigenvalue weighted by atomic mass is 9.93.